The van der Waals surface area contributed by atoms with Crippen LogP contribution in [0.25, 0.3) is 0 Å². The highest BCUT2D eigenvalue weighted by molar-refractivity contribution is 7.12. The Kier molecular flexibility index (Phi) is 6.35. The maximum atomic E-state index is 12.1. The number of esters is 1. The van der Waals surface area contributed by atoms with Crippen LogP contribution >= 0.6 is 11.3 Å². The third-order valence-corrected chi connectivity index (χ3v) is 4.36. The zero-order chi connectivity index (χ0) is 15.9. The van der Waals surface area contributed by atoms with Gasteiger partial charge in [0.25, 0.3) is 5.91 Å². The molecule has 2 heterocycles. The number of hydrogen-bond acceptors (Lipinski definition) is 6. The van der Waals surface area contributed by atoms with Crippen molar-refractivity contribution in [2.24, 2.45) is 0 Å². The van der Waals surface area contributed by atoms with E-state index in [1.807, 2.05) is 0 Å². The van der Waals surface area contributed by atoms with Crippen LogP contribution in [-0.4, -0.2) is 44.4 Å². The Hall–Kier alpha value is -1.44. The van der Waals surface area contributed by atoms with E-state index in [-0.39, 0.29) is 12.0 Å². The molecule has 2 unspecified atom stereocenters. The maximum Gasteiger partial charge on any atom is 0.350 e. The van der Waals surface area contributed by atoms with E-state index in [1.165, 1.54) is 18.4 Å². The molecule has 22 heavy (non-hydrogen) atoms. The van der Waals surface area contributed by atoms with Gasteiger partial charge in [-0.25, -0.2) is 4.79 Å². The van der Waals surface area contributed by atoms with Crippen LogP contribution in [-0.2, 0) is 19.0 Å². The molecule has 1 saturated heterocycles. The van der Waals surface area contributed by atoms with Crippen LogP contribution in [0.1, 0.15) is 35.9 Å². The molecular weight excluding hydrogens is 306 g/mol. The lowest BCUT2D eigenvalue weighted by Crippen LogP contribution is -2.32. The van der Waals surface area contributed by atoms with Gasteiger partial charge in [0.1, 0.15) is 11.0 Å². The van der Waals surface area contributed by atoms with Crippen molar-refractivity contribution in [2.75, 3.05) is 25.6 Å². The number of methoxy groups -OCH3 is 1. The van der Waals surface area contributed by atoms with Gasteiger partial charge in [-0.2, -0.15) is 0 Å². The van der Waals surface area contributed by atoms with Crippen LogP contribution < -0.4 is 5.32 Å². The number of carbonyl (C=O) groups is 2. The molecule has 1 aromatic rings. The van der Waals surface area contributed by atoms with E-state index in [9.17, 15) is 9.59 Å². The number of ether oxygens (including phenoxy) is 3. The predicted molar refractivity (Wildman–Crippen MR) is 83.3 cm³/mol. The summed E-state index contributed by atoms with van der Waals surface area (Å²) >= 11 is 1.22. The van der Waals surface area contributed by atoms with Crippen LogP contribution in [0.2, 0.25) is 0 Å². The third-order valence-electron chi connectivity index (χ3n) is 3.47. The Bertz CT molecular complexity index is 510. The van der Waals surface area contributed by atoms with Gasteiger partial charge in [-0.05, 0) is 37.6 Å². The van der Waals surface area contributed by atoms with Crippen LogP contribution in [0.3, 0.4) is 0 Å². The van der Waals surface area contributed by atoms with Gasteiger partial charge < -0.3 is 19.5 Å². The van der Waals surface area contributed by atoms with Crippen molar-refractivity contribution in [1.29, 1.82) is 0 Å². The second-order valence-electron chi connectivity index (χ2n) is 5.11. The standard InChI is InChI=1S/C15H21NO5S/c1-10(21-9-11-5-3-4-7-20-11)14(17)16-12-6-8-22-13(12)15(18)19-2/h6,8,10-11H,3-5,7,9H2,1-2H3,(H,16,17). The van der Waals surface area contributed by atoms with Gasteiger partial charge in [-0.3, -0.25) is 4.79 Å². The van der Waals surface area contributed by atoms with Crippen molar-refractivity contribution in [1.82, 2.24) is 0 Å². The molecule has 7 heteroatoms. The lowest BCUT2D eigenvalue weighted by atomic mass is 10.1. The van der Waals surface area contributed by atoms with Crippen molar-refractivity contribution in [3.05, 3.63) is 16.3 Å². The first-order valence-electron chi connectivity index (χ1n) is 7.31. The van der Waals surface area contributed by atoms with Gasteiger partial charge in [-0.15, -0.1) is 11.3 Å². The first-order chi connectivity index (χ1) is 10.6. The number of carbonyl (C=O) groups excluding carboxylic acids is 2. The Balaban J connectivity index is 1.83. The first kappa shape index (κ1) is 16.9. The van der Waals surface area contributed by atoms with Crippen LogP contribution in [0.4, 0.5) is 5.69 Å². The molecule has 2 rings (SSSR count). The Morgan fingerprint density at radius 2 is 2.32 bits per heavy atom. The molecule has 0 aliphatic carbocycles. The minimum absolute atomic E-state index is 0.0655. The van der Waals surface area contributed by atoms with Crippen molar-refractivity contribution in [2.45, 2.75) is 38.4 Å². The maximum absolute atomic E-state index is 12.1. The average molecular weight is 327 g/mol. The minimum Gasteiger partial charge on any atom is -0.465 e. The lowest BCUT2D eigenvalue weighted by Gasteiger charge is -2.23. The number of rotatable bonds is 6. The first-order valence-corrected chi connectivity index (χ1v) is 8.19. The second-order valence-corrected chi connectivity index (χ2v) is 6.02. The molecule has 1 amide bonds. The molecule has 1 aliphatic rings. The van der Waals surface area contributed by atoms with E-state index in [0.717, 1.165) is 25.9 Å². The van der Waals surface area contributed by atoms with Crippen LogP contribution in [0, 0.1) is 0 Å². The zero-order valence-corrected chi connectivity index (χ0v) is 13.6. The summed E-state index contributed by atoms with van der Waals surface area (Å²) in [5.41, 5.74) is 0.450. The number of nitrogens with one attached hydrogen (secondary N) is 1. The van der Waals surface area contributed by atoms with Crippen molar-refractivity contribution in [3.8, 4) is 0 Å². The summed E-state index contributed by atoms with van der Waals surface area (Å²) in [6.45, 7) is 2.84. The van der Waals surface area contributed by atoms with Crippen molar-refractivity contribution < 1.29 is 23.8 Å². The quantitative estimate of drug-likeness (QED) is 0.812. The third kappa shape index (κ3) is 4.53. The number of amides is 1. The van der Waals surface area contributed by atoms with Crippen molar-refractivity contribution >= 4 is 28.9 Å². The zero-order valence-electron chi connectivity index (χ0n) is 12.8. The van der Waals surface area contributed by atoms with Gasteiger partial charge in [0.05, 0.1) is 25.5 Å². The Morgan fingerprint density at radius 3 is 3.00 bits per heavy atom. The molecule has 0 radical (unpaired) electrons. The van der Waals surface area contributed by atoms with E-state index in [4.69, 9.17) is 9.47 Å². The molecule has 0 saturated carbocycles. The molecule has 1 fully saturated rings. The smallest absolute Gasteiger partial charge is 0.350 e. The molecule has 2 atom stereocenters. The average Bonchev–Trinajstić information content (AvgIpc) is 3.00. The van der Waals surface area contributed by atoms with Crippen LogP contribution in [0.5, 0.6) is 0 Å². The fourth-order valence-electron chi connectivity index (χ4n) is 2.16. The SMILES string of the molecule is COC(=O)c1sccc1NC(=O)C(C)OCC1CCCCO1. The molecule has 0 aromatic carbocycles. The normalized spacial score (nSPS) is 19.5. The summed E-state index contributed by atoms with van der Waals surface area (Å²) in [5.74, 6) is -0.756. The van der Waals surface area contributed by atoms with Gasteiger partial charge >= 0.3 is 5.97 Å². The summed E-state index contributed by atoms with van der Waals surface area (Å²) in [5, 5.41) is 4.42. The van der Waals surface area contributed by atoms with Gasteiger partial charge in [0.15, 0.2) is 0 Å². The molecule has 1 N–H and O–H groups in total. The molecule has 1 aromatic heterocycles. The Labute approximate surface area is 133 Å². The highest BCUT2D eigenvalue weighted by Crippen LogP contribution is 2.23. The second kappa shape index (κ2) is 8.26. The molecular formula is C15H21NO5S. The Morgan fingerprint density at radius 1 is 1.50 bits per heavy atom. The fourth-order valence-corrected chi connectivity index (χ4v) is 2.92. The minimum atomic E-state index is -0.615. The van der Waals surface area contributed by atoms with E-state index < -0.39 is 12.1 Å². The van der Waals surface area contributed by atoms with E-state index >= 15 is 0 Å². The van der Waals surface area contributed by atoms with Crippen molar-refractivity contribution in [3.63, 3.8) is 0 Å². The molecule has 0 bridgehead atoms. The van der Waals surface area contributed by atoms with Crippen LogP contribution in [0.15, 0.2) is 11.4 Å². The summed E-state index contributed by atoms with van der Waals surface area (Å²) < 4.78 is 15.8. The van der Waals surface area contributed by atoms with E-state index in [0.29, 0.717) is 17.2 Å². The number of anilines is 1. The van der Waals surface area contributed by atoms with E-state index in [2.05, 4.69) is 10.1 Å². The highest BCUT2D eigenvalue weighted by atomic mass is 32.1. The molecule has 122 valence electrons. The summed E-state index contributed by atoms with van der Waals surface area (Å²) in [6.07, 6.45) is 2.63. The lowest BCUT2D eigenvalue weighted by molar-refractivity contribution is -0.130. The van der Waals surface area contributed by atoms with Gasteiger partial charge in [0.2, 0.25) is 0 Å². The largest absolute Gasteiger partial charge is 0.465 e. The number of thiophene rings is 1. The van der Waals surface area contributed by atoms with E-state index in [1.54, 1.807) is 18.4 Å². The fraction of sp³-hybridized carbons (Fsp3) is 0.600. The molecule has 1 aliphatic heterocycles. The predicted octanol–water partition coefficient (Wildman–Crippen LogP) is 2.45. The summed E-state index contributed by atoms with van der Waals surface area (Å²) in [7, 11) is 1.31. The highest BCUT2D eigenvalue weighted by Gasteiger charge is 2.21. The topological polar surface area (TPSA) is 73.9 Å². The van der Waals surface area contributed by atoms with Gasteiger partial charge in [0, 0.05) is 6.61 Å². The van der Waals surface area contributed by atoms with Gasteiger partial charge in [-0.1, -0.05) is 0 Å². The monoisotopic (exact) mass is 327 g/mol. The summed E-state index contributed by atoms with van der Waals surface area (Å²) in [6, 6.07) is 1.67. The summed E-state index contributed by atoms with van der Waals surface area (Å²) in [4.78, 5) is 24.1. The number of hydrogen-bond donors (Lipinski definition) is 1. The molecule has 6 nitrogen and oxygen atoms in total. The molecule has 0 spiro atoms.